The normalized spacial score (nSPS) is 12.7. The number of halogens is 1. The minimum atomic E-state index is 0.0450. The van der Waals surface area contributed by atoms with Crippen LogP contribution < -0.4 is 5.32 Å². The molecule has 96 valence electrons. The lowest BCUT2D eigenvalue weighted by Crippen LogP contribution is -2.19. The summed E-state index contributed by atoms with van der Waals surface area (Å²) in [6.45, 7) is 6.15. The smallest absolute Gasteiger partial charge is 0.173 e. The summed E-state index contributed by atoms with van der Waals surface area (Å²) in [5.74, 6) is 2.78. The van der Waals surface area contributed by atoms with E-state index in [1.807, 2.05) is 19.1 Å². The average molecular weight is 310 g/mol. The van der Waals surface area contributed by atoms with Crippen LogP contribution >= 0.6 is 15.9 Å². The Kier molecular flexibility index (Phi) is 3.96. The van der Waals surface area contributed by atoms with Gasteiger partial charge in [0.1, 0.15) is 11.6 Å². The average Bonchev–Trinajstić information content (AvgIpc) is 2.74. The van der Waals surface area contributed by atoms with Crippen LogP contribution in [0.4, 0.5) is 5.82 Å². The van der Waals surface area contributed by atoms with Gasteiger partial charge in [0.15, 0.2) is 5.82 Å². The highest BCUT2D eigenvalue weighted by Crippen LogP contribution is 2.23. The van der Waals surface area contributed by atoms with Gasteiger partial charge in [0.25, 0.3) is 0 Å². The van der Waals surface area contributed by atoms with E-state index in [1.165, 1.54) is 0 Å². The second-order valence-corrected chi connectivity index (χ2v) is 5.42. The van der Waals surface area contributed by atoms with Crippen LogP contribution in [-0.4, -0.2) is 20.2 Å². The Hall–Kier alpha value is -1.43. The van der Waals surface area contributed by atoms with E-state index in [4.69, 9.17) is 0 Å². The largest absolute Gasteiger partial charge is 0.360 e. The highest BCUT2D eigenvalue weighted by atomic mass is 79.9. The summed E-state index contributed by atoms with van der Waals surface area (Å²) in [5.41, 5.74) is 0. The lowest BCUT2D eigenvalue weighted by atomic mass is 10.0. The molecule has 0 bridgehead atoms. The molecule has 0 aliphatic heterocycles. The van der Waals surface area contributed by atoms with Crippen LogP contribution in [0.5, 0.6) is 0 Å². The van der Waals surface area contributed by atoms with E-state index in [0.717, 1.165) is 21.9 Å². The molecule has 0 aromatic carbocycles. The molecule has 18 heavy (non-hydrogen) atoms. The fourth-order valence-corrected chi connectivity index (χ4v) is 1.88. The van der Waals surface area contributed by atoms with Gasteiger partial charge < -0.3 is 5.32 Å². The molecule has 2 aromatic heterocycles. The number of nitrogens with one attached hydrogen (secondary N) is 2. The molecule has 0 radical (unpaired) electrons. The highest BCUT2D eigenvalue weighted by molar-refractivity contribution is 9.10. The summed E-state index contributed by atoms with van der Waals surface area (Å²) in [7, 11) is 0. The third-order valence-corrected chi connectivity index (χ3v) is 3.06. The molecule has 0 spiro atoms. The van der Waals surface area contributed by atoms with Gasteiger partial charge in [-0.05, 0) is 40.9 Å². The van der Waals surface area contributed by atoms with Crippen molar-refractivity contribution in [2.75, 3.05) is 5.32 Å². The minimum absolute atomic E-state index is 0.0450. The van der Waals surface area contributed by atoms with Gasteiger partial charge in [-0.15, -0.1) is 0 Å². The van der Waals surface area contributed by atoms with Crippen LogP contribution in [-0.2, 0) is 0 Å². The first kappa shape index (κ1) is 13.0. The third-order valence-electron chi connectivity index (χ3n) is 2.59. The van der Waals surface area contributed by atoms with Crippen LogP contribution in [0.25, 0.3) is 0 Å². The number of anilines is 1. The maximum absolute atomic E-state index is 4.38. The molecule has 2 aromatic rings. The van der Waals surface area contributed by atoms with Gasteiger partial charge in [-0.25, -0.2) is 9.97 Å². The Morgan fingerprint density at radius 2 is 2.11 bits per heavy atom. The standard InChI is InChI=1S/C12H16BrN5/c1-7(2)11(12-15-8(3)17-18-12)16-10-5-4-9(13)6-14-10/h4-7,11H,1-3H3,(H,14,16)(H,15,17,18)/t11-/m0/s1. The zero-order valence-electron chi connectivity index (χ0n) is 10.6. The molecule has 2 N–H and O–H groups in total. The van der Waals surface area contributed by atoms with Crippen LogP contribution in [0.3, 0.4) is 0 Å². The van der Waals surface area contributed by atoms with E-state index >= 15 is 0 Å². The number of hydrogen-bond donors (Lipinski definition) is 2. The monoisotopic (exact) mass is 309 g/mol. The van der Waals surface area contributed by atoms with Crippen molar-refractivity contribution in [2.24, 2.45) is 5.92 Å². The zero-order chi connectivity index (χ0) is 13.1. The SMILES string of the molecule is Cc1nc([C@@H](Nc2ccc(Br)cn2)C(C)C)n[nH]1. The van der Waals surface area contributed by atoms with Gasteiger partial charge >= 0.3 is 0 Å². The molecular weight excluding hydrogens is 294 g/mol. The molecule has 0 saturated heterocycles. The first-order valence-electron chi connectivity index (χ1n) is 5.83. The van der Waals surface area contributed by atoms with Gasteiger partial charge in [0.05, 0.1) is 6.04 Å². The van der Waals surface area contributed by atoms with Crippen molar-refractivity contribution in [3.05, 3.63) is 34.5 Å². The summed E-state index contributed by atoms with van der Waals surface area (Å²) >= 11 is 3.37. The number of aromatic nitrogens is 4. The Bertz CT molecular complexity index is 505. The molecular formula is C12H16BrN5. The lowest BCUT2D eigenvalue weighted by Gasteiger charge is -2.19. The summed E-state index contributed by atoms with van der Waals surface area (Å²) in [5, 5.41) is 10.4. The Morgan fingerprint density at radius 3 is 2.61 bits per heavy atom. The van der Waals surface area contributed by atoms with E-state index in [-0.39, 0.29) is 6.04 Å². The van der Waals surface area contributed by atoms with Crippen LogP contribution in [0, 0.1) is 12.8 Å². The van der Waals surface area contributed by atoms with E-state index in [0.29, 0.717) is 5.92 Å². The van der Waals surface area contributed by atoms with Crippen molar-refractivity contribution in [3.63, 3.8) is 0 Å². The Balaban J connectivity index is 2.19. The first-order valence-corrected chi connectivity index (χ1v) is 6.62. The number of nitrogens with zero attached hydrogens (tertiary/aromatic N) is 3. The molecule has 6 heteroatoms. The third kappa shape index (κ3) is 3.07. The molecule has 5 nitrogen and oxygen atoms in total. The van der Waals surface area contributed by atoms with E-state index < -0.39 is 0 Å². The van der Waals surface area contributed by atoms with Crippen molar-refractivity contribution in [1.29, 1.82) is 0 Å². The predicted octanol–water partition coefficient (Wildman–Crippen LogP) is 3.08. The van der Waals surface area contributed by atoms with Crippen molar-refractivity contribution in [1.82, 2.24) is 20.2 Å². The maximum Gasteiger partial charge on any atom is 0.173 e. The molecule has 0 aliphatic rings. The van der Waals surface area contributed by atoms with E-state index in [1.54, 1.807) is 6.20 Å². The summed E-state index contributed by atoms with van der Waals surface area (Å²) in [6, 6.07) is 3.93. The molecule has 0 unspecified atom stereocenters. The molecule has 0 fully saturated rings. The fourth-order valence-electron chi connectivity index (χ4n) is 1.65. The Labute approximate surface area is 115 Å². The van der Waals surface area contributed by atoms with Gasteiger partial charge in [-0.2, -0.15) is 5.10 Å². The van der Waals surface area contributed by atoms with Crippen molar-refractivity contribution < 1.29 is 0 Å². The lowest BCUT2D eigenvalue weighted by molar-refractivity contribution is 0.521. The fraction of sp³-hybridized carbons (Fsp3) is 0.417. The van der Waals surface area contributed by atoms with Crippen molar-refractivity contribution >= 4 is 21.7 Å². The minimum Gasteiger partial charge on any atom is -0.360 e. The molecule has 2 rings (SSSR count). The number of pyridine rings is 1. The maximum atomic E-state index is 4.38. The summed E-state index contributed by atoms with van der Waals surface area (Å²) in [6.07, 6.45) is 1.77. The molecule has 0 amide bonds. The molecule has 1 atom stereocenters. The second-order valence-electron chi connectivity index (χ2n) is 4.51. The van der Waals surface area contributed by atoms with E-state index in [9.17, 15) is 0 Å². The number of hydrogen-bond acceptors (Lipinski definition) is 4. The first-order chi connectivity index (χ1) is 8.56. The number of H-pyrrole nitrogens is 1. The van der Waals surface area contributed by atoms with Gasteiger partial charge in [-0.1, -0.05) is 13.8 Å². The molecule has 0 aliphatic carbocycles. The number of aryl methyl sites for hydroxylation is 1. The summed E-state index contributed by atoms with van der Waals surface area (Å²) in [4.78, 5) is 8.69. The van der Waals surface area contributed by atoms with Crippen molar-refractivity contribution in [2.45, 2.75) is 26.8 Å². The number of aromatic amines is 1. The zero-order valence-corrected chi connectivity index (χ0v) is 12.2. The predicted molar refractivity (Wildman–Crippen MR) is 74.3 cm³/mol. The molecule has 0 saturated carbocycles. The van der Waals surface area contributed by atoms with Crippen LogP contribution in [0.2, 0.25) is 0 Å². The van der Waals surface area contributed by atoms with E-state index in [2.05, 4.69) is 55.3 Å². The second kappa shape index (κ2) is 5.48. The van der Waals surface area contributed by atoms with Crippen molar-refractivity contribution in [3.8, 4) is 0 Å². The number of rotatable bonds is 4. The topological polar surface area (TPSA) is 66.5 Å². The quantitative estimate of drug-likeness (QED) is 0.911. The van der Waals surface area contributed by atoms with Gasteiger partial charge in [0.2, 0.25) is 0 Å². The highest BCUT2D eigenvalue weighted by Gasteiger charge is 2.20. The Morgan fingerprint density at radius 1 is 1.33 bits per heavy atom. The summed E-state index contributed by atoms with van der Waals surface area (Å²) < 4.78 is 0.961. The van der Waals surface area contributed by atoms with Gasteiger partial charge in [-0.3, -0.25) is 5.10 Å². The van der Waals surface area contributed by atoms with Gasteiger partial charge in [0, 0.05) is 10.7 Å². The van der Waals surface area contributed by atoms with Crippen LogP contribution in [0.1, 0.15) is 31.5 Å². The van der Waals surface area contributed by atoms with Crippen LogP contribution in [0.15, 0.2) is 22.8 Å². The molecule has 2 heterocycles.